The third kappa shape index (κ3) is 5.19. The zero-order chi connectivity index (χ0) is 12.6. The minimum absolute atomic E-state index is 0.134. The van der Waals surface area contributed by atoms with E-state index in [-0.39, 0.29) is 11.8 Å². The summed E-state index contributed by atoms with van der Waals surface area (Å²) in [6, 6.07) is 0. The van der Waals surface area contributed by atoms with E-state index in [4.69, 9.17) is 13.7 Å². The van der Waals surface area contributed by atoms with Gasteiger partial charge in [-0.25, -0.2) is 0 Å². The lowest BCUT2D eigenvalue weighted by atomic mass is 9.82. The first-order valence-electron chi connectivity index (χ1n) is 5.82. The molecule has 2 radical (unpaired) electrons. The van der Waals surface area contributed by atoms with Gasteiger partial charge in [-0.05, 0) is 12.3 Å². The van der Waals surface area contributed by atoms with Crippen LogP contribution in [0, 0.1) is 11.8 Å². The van der Waals surface area contributed by atoms with E-state index in [0.717, 1.165) is 19.3 Å². The lowest BCUT2D eigenvalue weighted by molar-refractivity contribution is -0.117. The van der Waals surface area contributed by atoms with Crippen LogP contribution in [0.4, 0.5) is 0 Å². The predicted octanol–water partition coefficient (Wildman–Crippen LogP) is 1.42. The lowest BCUT2D eigenvalue weighted by Crippen LogP contribution is -2.38. The molecule has 2 unspecified atom stereocenters. The van der Waals surface area contributed by atoms with Gasteiger partial charge in [0.2, 0.25) is 5.91 Å². The maximum Gasteiger partial charge on any atom is 0.222 e. The van der Waals surface area contributed by atoms with E-state index < -0.39 is 0 Å². The summed E-state index contributed by atoms with van der Waals surface area (Å²) in [4.78, 5) is 11.0. The summed E-state index contributed by atoms with van der Waals surface area (Å²) in [5.41, 5.74) is 0. The molecular formula is C11H22BN3O. The first-order valence-corrected chi connectivity index (χ1v) is 5.82. The van der Waals surface area contributed by atoms with Gasteiger partial charge in [0, 0.05) is 12.8 Å². The van der Waals surface area contributed by atoms with Crippen molar-refractivity contribution in [3.8, 4) is 0 Å². The topological polar surface area (TPSA) is 67.5 Å². The second kappa shape index (κ2) is 8.19. The molecule has 0 rings (SSSR count). The van der Waals surface area contributed by atoms with Crippen molar-refractivity contribution in [3.05, 3.63) is 0 Å². The van der Waals surface area contributed by atoms with Crippen LogP contribution in [-0.4, -0.2) is 19.6 Å². The molecule has 4 nitrogen and oxygen atoms in total. The third-order valence-electron chi connectivity index (χ3n) is 2.70. The molecule has 0 aromatic rings. The minimum atomic E-state index is -0.134. The quantitative estimate of drug-likeness (QED) is 0.235. The number of nitrogens with one attached hydrogen (secondary N) is 1. The third-order valence-corrected chi connectivity index (χ3v) is 2.70. The van der Waals surface area contributed by atoms with Gasteiger partial charge in [-0.2, -0.15) is 5.10 Å². The number of rotatable bonds is 6. The molecule has 0 aromatic heterocycles. The second-order valence-corrected chi connectivity index (χ2v) is 4.15. The summed E-state index contributed by atoms with van der Waals surface area (Å²) in [7, 11) is 5.55. The van der Waals surface area contributed by atoms with Crippen molar-refractivity contribution in [3.63, 3.8) is 0 Å². The van der Waals surface area contributed by atoms with Crippen LogP contribution in [0.3, 0.4) is 0 Å². The van der Waals surface area contributed by atoms with Gasteiger partial charge in [-0.1, -0.05) is 33.0 Å². The number of hydrazone groups is 1. The summed E-state index contributed by atoms with van der Waals surface area (Å²) in [6.07, 6.45) is 3.53. The van der Waals surface area contributed by atoms with E-state index in [0.29, 0.717) is 18.1 Å². The van der Waals surface area contributed by atoms with Crippen molar-refractivity contribution in [2.75, 3.05) is 0 Å². The number of nitrogens with two attached hydrogens (primary N) is 1. The highest BCUT2D eigenvalue weighted by atomic mass is 16.1. The molecule has 0 aliphatic heterocycles. The van der Waals surface area contributed by atoms with Crippen molar-refractivity contribution in [2.24, 2.45) is 22.8 Å². The highest BCUT2D eigenvalue weighted by molar-refractivity contribution is 6.08. The molecule has 90 valence electrons. The van der Waals surface area contributed by atoms with Crippen molar-refractivity contribution in [1.29, 1.82) is 0 Å². The van der Waals surface area contributed by atoms with E-state index >= 15 is 0 Å². The fraction of sp³-hybridized carbons (Fsp3) is 0.818. The van der Waals surface area contributed by atoms with Gasteiger partial charge >= 0.3 is 0 Å². The highest BCUT2D eigenvalue weighted by Crippen LogP contribution is 2.22. The highest BCUT2D eigenvalue weighted by Gasteiger charge is 2.22. The monoisotopic (exact) mass is 223 g/mol. The van der Waals surface area contributed by atoms with Crippen molar-refractivity contribution in [2.45, 2.75) is 46.4 Å². The van der Waals surface area contributed by atoms with Crippen LogP contribution >= 0.6 is 0 Å². The van der Waals surface area contributed by atoms with Gasteiger partial charge < -0.3 is 11.2 Å². The maximum absolute atomic E-state index is 11.0. The van der Waals surface area contributed by atoms with E-state index in [1.54, 1.807) is 0 Å². The summed E-state index contributed by atoms with van der Waals surface area (Å²) < 4.78 is 0. The molecule has 0 fully saturated rings. The van der Waals surface area contributed by atoms with Crippen LogP contribution in [0.5, 0.6) is 0 Å². The van der Waals surface area contributed by atoms with Crippen LogP contribution in [-0.2, 0) is 4.79 Å². The number of hydrogen-bond acceptors (Lipinski definition) is 3. The van der Waals surface area contributed by atoms with Gasteiger partial charge in [-0.15, -0.1) is 0 Å². The fourth-order valence-corrected chi connectivity index (χ4v) is 1.87. The van der Waals surface area contributed by atoms with Crippen molar-refractivity contribution < 1.29 is 4.79 Å². The van der Waals surface area contributed by atoms with Gasteiger partial charge in [0.15, 0.2) is 0 Å². The van der Waals surface area contributed by atoms with Crippen LogP contribution in [0.2, 0.25) is 6.32 Å². The number of nitrogens with zero attached hydrogens (tertiary/aromatic N) is 1. The zero-order valence-electron chi connectivity index (χ0n) is 10.5. The van der Waals surface area contributed by atoms with E-state index in [1.807, 2.05) is 0 Å². The minimum Gasteiger partial charge on any atom is -0.322 e. The Kier molecular flexibility index (Phi) is 7.68. The van der Waals surface area contributed by atoms with Gasteiger partial charge in [0.05, 0.1) is 7.85 Å². The largest absolute Gasteiger partial charge is 0.322 e. The first-order chi connectivity index (χ1) is 7.56. The predicted molar refractivity (Wildman–Crippen MR) is 68.2 cm³/mol. The maximum atomic E-state index is 11.0. The Morgan fingerprint density at radius 2 is 2.12 bits per heavy atom. The summed E-state index contributed by atoms with van der Waals surface area (Å²) >= 11 is 0. The van der Waals surface area contributed by atoms with E-state index in [1.165, 1.54) is 6.92 Å². The standard InChI is InChI=1S/C11H22BN3O/c1-4-5-10(8(2)6-7-12)11(15-13)14-9(3)16/h8,10H,4-7,13H2,1-3H3,(H,14,15,16). The Hall–Kier alpha value is -0.995. The molecule has 5 heteroatoms. The molecule has 0 bridgehead atoms. The van der Waals surface area contributed by atoms with Gasteiger partial charge in [-0.3, -0.25) is 4.79 Å². The Labute approximate surface area is 99.5 Å². The smallest absolute Gasteiger partial charge is 0.222 e. The molecule has 0 spiro atoms. The molecule has 0 aliphatic rings. The molecule has 0 heterocycles. The molecule has 2 atom stereocenters. The van der Waals surface area contributed by atoms with Crippen LogP contribution in [0.1, 0.15) is 40.0 Å². The Morgan fingerprint density at radius 3 is 2.50 bits per heavy atom. The van der Waals surface area contributed by atoms with Crippen molar-refractivity contribution >= 4 is 19.6 Å². The molecule has 0 aliphatic carbocycles. The summed E-state index contributed by atoms with van der Waals surface area (Å²) in [6.45, 7) is 5.67. The summed E-state index contributed by atoms with van der Waals surface area (Å²) in [5, 5.41) is 6.39. The number of carbonyl (C=O) groups is 1. The number of amides is 1. The average Bonchev–Trinajstić information content (AvgIpc) is 2.23. The average molecular weight is 223 g/mol. The zero-order valence-corrected chi connectivity index (χ0v) is 10.5. The van der Waals surface area contributed by atoms with Crippen LogP contribution in [0.15, 0.2) is 5.10 Å². The molecule has 0 aromatic carbocycles. The van der Waals surface area contributed by atoms with Crippen molar-refractivity contribution in [1.82, 2.24) is 5.32 Å². The lowest BCUT2D eigenvalue weighted by Gasteiger charge is -2.24. The van der Waals surface area contributed by atoms with Gasteiger partial charge in [0.1, 0.15) is 5.84 Å². The molecule has 0 saturated carbocycles. The Bertz CT molecular complexity index is 243. The normalized spacial score (nSPS) is 15.6. The molecule has 3 N–H and O–H groups in total. The van der Waals surface area contributed by atoms with E-state index in [9.17, 15) is 4.79 Å². The molecule has 16 heavy (non-hydrogen) atoms. The Balaban J connectivity index is 4.64. The fourth-order valence-electron chi connectivity index (χ4n) is 1.87. The SMILES string of the molecule is [B]CCC(C)C(CCC)C(=NN)NC(C)=O. The van der Waals surface area contributed by atoms with Crippen LogP contribution < -0.4 is 11.2 Å². The number of amidine groups is 1. The molecule has 0 saturated heterocycles. The first kappa shape index (κ1) is 15.0. The van der Waals surface area contributed by atoms with Crippen LogP contribution in [0.25, 0.3) is 0 Å². The second-order valence-electron chi connectivity index (χ2n) is 4.15. The number of hydrogen-bond donors (Lipinski definition) is 2. The number of carbonyl (C=O) groups excluding carboxylic acids is 1. The van der Waals surface area contributed by atoms with E-state index in [2.05, 4.69) is 24.3 Å². The van der Waals surface area contributed by atoms with Gasteiger partial charge in [0.25, 0.3) is 0 Å². The Morgan fingerprint density at radius 1 is 1.50 bits per heavy atom. The summed E-state index contributed by atoms with van der Waals surface area (Å²) in [5.74, 6) is 6.33. The molecular weight excluding hydrogens is 201 g/mol. The molecule has 1 amide bonds.